The van der Waals surface area contributed by atoms with E-state index in [1.54, 1.807) is 21.7 Å². The quantitative estimate of drug-likeness (QED) is 0.672. The van der Waals surface area contributed by atoms with Crippen molar-refractivity contribution in [2.24, 2.45) is 0 Å². The topological polar surface area (TPSA) is 90.0 Å². The molecule has 1 N–H and O–H groups in total. The van der Waals surface area contributed by atoms with Crippen molar-refractivity contribution in [2.45, 2.75) is 23.4 Å². The minimum absolute atomic E-state index is 0.0544. The Hall–Kier alpha value is -1.85. The van der Waals surface area contributed by atoms with Gasteiger partial charge >= 0.3 is 6.03 Å². The van der Waals surface area contributed by atoms with E-state index in [2.05, 4.69) is 4.72 Å². The minimum atomic E-state index is -4.19. The van der Waals surface area contributed by atoms with E-state index < -0.39 is 26.8 Å². The largest absolute Gasteiger partial charge is 0.337 e. The number of benzene rings is 1. The highest BCUT2D eigenvalue weighted by Gasteiger charge is 2.41. The number of nitrogens with one attached hydrogen (secondary N) is 1. The standard InChI is InChI=1S/C18H25FN4O4S2/c1-21-11-13-12-22(8-9-23(13)18(21)25)17(24)15(7-10-28-2)20-29(26,27)16-6-4-3-5-14(16)19/h3-6,13,15,20H,7-12H2,1-2H3/t13-,15-/m1/s1. The van der Waals surface area contributed by atoms with Crippen LogP contribution in [-0.4, -0.2) is 92.4 Å². The van der Waals surface area contributed by atoms with Crippen LogP contribution < -0.4 is 4.72 Å². The summed E-state index contributed by atoms with van der Waals surface area (Å²) in [7, 11) is -2.47. The Morgan fingerprint density at radius 3 is 2.72 bits per heavy atom. The second-order valence-electron chi connectivity index (χ2n) is 7.18. The number of urea groups is 1. The first kappa shape index (κ1) is 21.8. The number of halogens is 1. The molecule has 0 bridgehead atoms. The maximum absolute atomic E-state index is 14.0. The van der Waals surface area contributed by atoms with Crippen LogP contribution >= 0.6 is 11.8 Å². The zero-order chi connectivity index (χ0) is 21.2. The monoisotopic (exact) mass is 444 g/mol. The van der Waals surface area contributed by atoms with Crippen molar-refractivity contribution in [3.8, 4) is 0 Å². The van der Waals surface area contributed by atoms with Gasteiger partial charge in [-0.1, -0.05) is 12.1 Å². The Labute approximate surface area is 174 Å². The van der Waals surface area contributed by atoms with Crippen LogP contribution in [0.25, 0.3) is 0 Å². The molecule has 29 heavy (non-hydrogen) atoms. The SMILES string of the molecule is CSCC[C@@H](NS(=O)(=O)c1ccccc1F)C(=O)N1CCN2C(=O)N(C)C[C@@H]2C1. The number of sulfonamides is 1. The van der Waals surface area contributed by atoms with Gasteiger partial charge in [0.15, 0.2) is 0 Å². The zero-order valence-corrected chi connectivity index (χ0v) is 18.0. The number of carbonyl (C=O) groups is 2. The van der Waals surface area contributed by atoms with Crippen molar-refractivity contribution >= 4 is 33.7 Å². The van der Waals surface area contributed by atoms with Gasteiger partial charge in [0.1, 0.15) is 16.8 Å². The molecule has 2 aliphatic rings. The van der Waals surface area contributed by atoms with E-state index in [9.17, 15) is 22.4 Å². The lowest BCUT2D eigenvalue weighted by Crippen LogP contribution is -2.58. The smallest absolute Gasteiger partial charge is 0.320 e. The maximum atomic E-state index is 14.0. The first-order chi connectivity index (χ1) is 13.7. The fourth-order valence-corrected chi connectivity index (χ4v) is 5.45. The number of hydrogen-bond acceptors (Lipinski definition) is 5. The van der Waals surface area contributed by atoms with Crippen LogP contribution in [0.3, 0.4) is 0 Å². The fourth-order valence-electron chi connectivity index (χ4n) is 3.68. The molecule has 0 saturated carbocycles. The molecule has 1 aromatic rings. The summed E-state index contributed by atoms with van der Waals surface area (Å²) in [5.41, 5.74) is 0. The molecule has 11 heteroatoms. The van der Waals surface area contributed by atoms with E-state index in [0.717, 1.165) is 6.07 Å². The number of nitrogens with zero attached hydrogens (tertiary/aromatic N) is 3. The highest BCUT2D eigenvalue weighted by atomic mass is 32.2. The summed E-state index contributed by atoms with van der Waals surface area (Å²) in [6.45, 7) is 1.63. The van der Waals surface area contributed by atoms with Gasteiger partial charge in [0.2, 0.25) is 15.9 Å². The fraction of sp³-hybridized carbons (Fsp3) is 0.556. The van der Waals surface area contributed by atoms with Gasteiger partial charge in [-0.3, -0.25) is 4.79 Å². The summed E-state index contributed by atoms with van der Waals surface area (Å²) in [4.78, 5) is 29.7. The average Bonchev–Trinajstić information content (AvgIpc) is 2.98. The Balaban J connectivity index is 1.75. The normalized spacial score (nSPS) is 20.7. The Bertz CT molecular complexity index is 882. The molecule has 2 fully saturated rings. The summed E-state index contributed by atoms with van der Waals surface area (Å²) in [6, 6.07) is 3.93. The number of likely N-dealkylation sites (N-methyl/N-ethyl adjacent to an activating group) is 1. The summed E-state index contributed by atoms with van der Waals surface area (Å²) in [5, 5.41) is 0. The van der Waals surface area contributed by atoms with Crippen LogP contribution in [0.5, 0.6) is 0 Å². The summed E-state index contributed by atoms with van der Waals surface area (Å²) < 4.78 is 41.8. The third-order valence-corrected chi connectivity index (χ3v) is 7.33. The number of hydrogen-bond donors (Lipinski definition) is 1. The van der Waals surface area contributed by atoms with Crippen molar-refractivity contribution in [3.63, 3.8) is 0 Å². The third-order valence-electron chi connectivity index (χ3n) is 5.18. The van der Waals surface area contributed by atoms with E-state index in [1.165, 1.54) is 30.0 Å². The first-order valence-corrected chi connectivity index (χ1v) is 12.2. The number of carbonyl (C=O) groups excluding carboxylic acids is 2. The van der Waals surface area contributed by atoms with Gasteiger partial charge in [-0.05, 0) is 30.6 Å². The molecule has 2 atom stereocenters. The maximum Gasteiger partial charge on any atom is 0.320 e. The van der Waals surface area contributed by atoms with Gasteiger partial charge in [0, 0.05) is 33.2 Å². The summed E-state index contributed by atoms with van der Waals surface area (Å²) in [6.07, 6.45) is 2.16. The van der Waals surface area contributed by atoms with Crippen LogP contribution in [0, 0.1) is 5.82 Å². The van der Waals surface area contributed by atoms with E-state index in [0.29, 0.717) is 31.9 Å². The van der Waals surface area contributed by atoms with Gasteiger partial charge in [-0.2, -0.15) is 16.5 Å². The van der Waals surface area contributed by atoms with E-state index in [-0.39, 0.29) is 24.4 Å². The molecule has 8 nitrogen and oxygen atoms in total. The molecule has 2 heterocycles. The molecule has 0 aromatic heterocycles. The van der Waals surface area contributed by atoms with Crippen molar-refractivity contribution in [1.29, 1.82) is 0 Å². The summed E-state index contributed by atoms with van der Waals surface area (Å²) in [5.74, 6) is -0.640. The van der Waals surface area contributed by atoms with E-state index in [1.807, 2.05) is 6.26 Å². The second-order valence-corrected chi connectivity index (χ2v) is 9.85. The number of piperazine rings is 1. The van der Waals surface area contributed by atoms with Crippen LogP contribution in [0.4, 0.5) is 9.18 Å². The van der Waals surface area contributed by atoms with Crippen molar-refractivity contribution in [3.05, 3.63) is 30.1 Å². The molecule has 0 radical (unpaired) electrons. The lowest BCUT2D eigenvalue weighted by molar-refractivity contribution is -0.135. The molecule has 0 aliphatic carbocycles. The Morgan fingerprint density at radius 2 is 2.03 bits per heavy atom. The lowest BCUT2D eigenvalue weighted by Gasteiger charge is -2.38. The van der Waals surface area contributed by atoms with Crippen LogP contribution in [0.2, 0.25) is 0 Å². The van der Waals surface area contributed by atoms with E-state index >= 15 is 0 Å². The predicted molar refractivity (Wildman–Crippen MR) is 109 cm³/mol. The Kier molecular flexibility index (Phi) is 6.69. The van der Waals surface area contributed by atoms with Gasteiger partial charge < -0.3 is 14.7 Å². The van der Waals surface area contributed by atoms with Gasteiger partial charge in [0.25, 0.3) is 0 Å². The molecule has 0 unspecified atom stereocenters. The first-order valence-electron chi connectivity index (χ1n) is 9.31. The number of rotatable bonds is 7. The number of amides is 3. The molecule has 160 valence electrons. The van der Waals surface area contributed by atoms with Crippen LogP contribution in [0.1, 0.15) is 6.42 Å². The molecule has 0 spiro atoms. The lowest BCUT2D eigenvalue weighted by atomic mass is 10.1. The summed E-state index contributed by atoms with van der Waals surface area (Å²) >= 11 is 1.50. The van der Waals surface area contributed by atoms with Crippen molar-refractivity contribution in [1.82, 2.24) is 19.4 Å². The van der Waals surface area contributed by atoms with Crippen LogP contribution in [-0.2, 0) is 14.8 Å². The molecule has 3 amide bonds. The second kappa shape index (κ2) is 8.88. The third kappa shape index (κ3) is 4.67. The molecule has 2 saturated heterocycles. The highest BCUT2D eigenvalue weighted by Crippen LogP contribution is 2.21. The van der Waals surface area contributed by atoms with Gasteiger partial charge in [-0.15, -0.1) is 0 Å². The number of thioether (sulfide) groups is 1. The van der Waals surface area contributed by atoms with E-state index in [4.69, 9.17) is 0 Å². The predicted octanol–water partition coefficient (Wildman–Crippen LogP) is 0.804. The minimum Gasteiger partial charge on any atom is -0.337 e. The molecular formula is C18H25FN4O4S2. The molecule has 2 aliphatic heterocycles. The molecule has 3 rings (SSSR count). The van der Waals surface area contributed by atoms with Crippen molar-refractivity contribution < 1.29 is 22.4 Å². The Morgan fingerprint density at radius 1 is 1.31 bits per heavy atom. The van der Waals surface area contributed by atoms with Gasteiger partial charge in [-0.25, -0.2) is 17.6 Å². The molecular weight excluding hydrogens is 419 g/mol. The number of fused-ring (bicyclic) bond motifs is 1. The zero-order valence-electron chi connectivity index (χ0n) is 16.4. The van der Waals surface area contributed by atoms with Crippen LogP contribution in [0.15, 0.2) is 29.2 Å². The average molecular weight is 445 g/mol. The van der Waals surface area contributed by atoms with Gasteiger partial charge in [0.05, 0.1) is 6.04 Å². The van der Waals surface area contributed by atoms with Crippen molar-refractivity contribution in [2.75, 3.05) is 45.2 Å². The molecule has 1 aromatic carbocycles. The highest BCUT2D eigenvalue weighted by molar-refractivity contribution is 7.98.